The van der Waals surface area contributed by atoms with Gasteiger partial charge in [-0.2, -0.15) is 0 Å². The van der Waals surface area contributed by atoms with E-state index in [2.05, 4.69) is 45.0 Å². The van der Waals surface area contributed by atoms with Gasteiger partial charge in [-0.05, 0) is 50.3 Å². The highest BCUT2D eigenvalue weighted by molar-refractivity contribution is 5.70. The number of piperazine rings is 1. The van der Waals surface area contributed by atoms with Crippen molar-refractivity contribution in [2.24, 2.45) is 5.92 Å². The number of ether oxygens (including phenoxy) is 2. The summed E-state index contributed by atoms with van der Waals surface area (Å²) in [6.07, 6.45) is 5.02. The first kappa shape index (κ1) is 25.9. The predicted molar refractivity (Wildman–Crippen MR) is 135 cm³/mol. The van der Waals surface area contributed by atoms with E-state index in [1.807, 2.05) is 4.90 Å². The summed E-state index contributed by atoms with van der Waals surface area (Å²) >= 11 is 0. The van der Waals surface area contributed by atoms with E-state index in [1.54, 1.807) is 0 Å². The van der Waals surface area contributed by atoms with Crippen LogP contribution in [0.4, 0.5) is 4.79 Å². The van der Waals surface area contributed by atoms with Crippen molar-refractivity contribution in [1.82, 2.24) is 19.6 Å². The molecule has 0 N–H and O–H groups in total. The van der Waals surface area contributed by atoms with Crippen molar-refractivity contribution in [3.8, 4) is 0 Å². The highest BCUT2D eigenvalue weighted by atomic mass is 16.6. The van der Waals surface area contributed by atoms with Gasteiger partial charge in [0.2, 0.25) is 0 Å². The molecule has 0 aromatic heterocycles. The third kappa shape index (κ3) is 8.19. The molecule has 194 valence electrons. The van der Waals surface area contributed by atoms with E-state index in [4.69, 9.17) is 9.47 Å². The molecule has 8 heteroatoms. The Morgan fingerprint density at radius 3 is 2.40 bits per heavy atom. The number of hydrogen-bond donors (Lipinski definition) is 0. The highest BCUT2D eigenvalue weighted by Crippen LogP contribution is 2.24. The molecule has 1 aromatic carbocycles. The number of methoxy groups -OCH3 is 1. The largest absolute Gasteiger partial charge is 0.469 e. The zero-order chi connectivity index (χ0) is 24.5. The molecule has 1 unspecified atom stereocenters. The number of esters is 1. The second kappa shape index (κ2) is 13.2. The molecule has 0 aliphatic carbocycles. The zero-order valence-electron chi connectivity index (χ0n) is 21.3. The molecule has 3 fully saturated rings. The normalized spacial score (nSPS) is 22.9. The maximum Gasteiger partial charge on any atom is 0.410 e. The van der Waals surface area contributed by atoms with Crippen LogP contribution < -0.4 is 0 Å². The van der Waals surface area contributed by atoms with Crippen LogP contribution in [0.1, 0.15) is 37.7 Å². The fourth-order valence-electron chi connectivity index (χ4n) is 5.53. The zero-order valence-corrected chi connectivity index (χ0v) is 21.3. The Kier molecular flexibility index (Phi) is 9.80. The third-order valence-electron chi connectivity index (χ3n) is 7.73. The van der Waals surface area contributed by atoms with Gasteiger partial charge in [0.05, 0.1) is 20.1 Å². The molecule has 0 bridgehead atoms. The lowest BCUT2D eigenvalue weighted by Crippen LogP contribution is -2.49. The Hall–Kier alpha value is -2.16. The average molecular weight is 487 g/mol. The molecule has 3 aliphatic heterocycles. The van der Waals surface area contributed by atoms with Crippen LogP contribution in [0, 0.1) is 5.92 Å². The number of cyclic esters (lactones) is 1. The number of nitrogens with zero attached hydrogens (tertiary/aromatic N) is 4. The van der Waals surface area contributed by atoms with Gasteiger partial charge in [-0.15, -0.1) is 0 Å². The van der Waals surface area contributed by atoms with Gasteiger partial charge in [-0.3, -0.25) is 14.6 Å². The van der Waals surface area contributed by atoms with Crippen molar-refractivity contribution >= 4 is 12.1 Å². The number of rotatable bonds is 11. The van der Waals surface area contributed by atoms with Crippen LogP contribution in [0.2, 0.25) is 0 Å². The molecule has 0 spiro atoms. The second-order valence-corrected chi connectivity index (χ2v) is 10.3. The molecule has 4 rings (SSSR count). The molecule has 35 heavy (non-hydrogen) atoms. The molecule has 3 aliphatic rings. The molecule has 3 saturated heterocycles. The van der Waals surface area contributed by atoms with Gasteiger partial charge >= 0.3 is 12.1 Å². The molecule has 3 heterocycles. The lowest BCUT2D eigenvalue weighted by molar-refractivity contribution is -0.141. The number of hydrogen-bond acceptors (Lipinski definition) is 7. The summed E-state index contributed by atoms with van der Waals surface area (Å²) in [4.78, 5) is 32.9. The lowest BCUT2D eigenvalue weighted by atomic mass is 9.92. The van der Waals surface area contributed by atoms with Crippen LogP contribution in [0.5, 0.6) is 0 Å². The first-order chi connectivity index (χ1) is 17.1. The molecular formula is C27H42N4O4. The van der Waals surface area contributed by atoms with Crippen molar-refractivity contribution in [3.05, 3.63) is 35.9 Å². The second-order valence-electron chi connectivity index (χ2n) is 10.3. The number of carbonyl (C=O) groups excluding carboxylic acids is 2. The summed E-state index contributed by atoms with van der Waals surface area (Å²) in [6, 6.07) is 10.7. The highest BCUT2D eigenvalue weighted by Gasteiger charge is 2.33. The van der Waals surface area contributed by atoms with Crippen LogP contribution in [0.15, 0.2) is 30.3 Å². The lowest BCUT2D eigenvalue weighted by Gasteiger charge is -2.35. The third-order valence-corrected chi connectivity index (χ3v) is 7.73. The summed E-state index contributed by atoms with van der Waals surface area (Å²) in [6.45, 7) is 10.2. The molecule has 0 saturated carbocycles. The Labute approximate surface area is 210 Å². The van der Waals surface area contributed by atoms with Crippen molar-refractivity contribution in [2.45, 2.75) is 44.8 Å². The van der Waals surface area contributed by atoms with Crippen LogP contribution in [0.3, 0.4) is 0 Å². The van der Waals surface area contributed by atoms with E-state index in [0.717, 1.165) is 64.7 Å². The SMILES string of the molecule is COC(=O)CCN1CCN(CC2CN(CCCC3CCN(Cc4ccccc4)CC3)C(=O)O2)CC1. The summed E-state index contributed by atoms with van der Waals surface area (Å²) in [5.41, 5.74) is 1.40. The molecule has 0 radical (unpaired) electrons. The number of piperidine rings is 1. The Morgan fingerprint density at radius 1 is 0.971 bits per heavy atom. The van der Waals surface area contributed by atoms with Gasteiger partial charge in [0.15, 0.2) is 0 Å². The van der Waals surface area contributed by atoms with Gasteiger partial charge in [-0.25, -0.2) is 4.79 Å². The Morgan fingerprint density at radius 2 is 1.69 bits per heavy atom. The van der Waals surface area contributed by atoms with E-state index >= 15 is 0 Å². The number of benzene rings is 1. The summed E-state index contributed by atoms with van der Waals surface area (Å²) in [7, 11) is 1.43. The van der Waals surface area contributed by atoms with Gasteiger partial charge in [0, 0.05) is 52.4 Å². The Balaban J connectivity index is 1.07. The maximum atomic E-state index is 12.4. The quantitative estimate of drug-likeness (QED) is 0.446. The van der Waals surface area contributed by atoms with Gasteiger partial charge in [0.1, 0.15) is 6.10 Å². The topological polar surface area (TPSA) is 65.6 Å². The van der Waals surface area contributed by atoms with Crippen molar-refractivity contribution in [1.29, 1.82) is 0 Å². The number of likely N-dealkylation sites (tertiary alicyclic amines) is 1. The minimum absolute atomic E-state index is 0.0367. The van der Waals surface area contributed by atoms with Crippen molar-refractivity contribution in [3.63, 3.8) is 0 Å². The Bertz CT molecular complexity index is 792. The van der Waals surface area contributed by atoms with E-state index in [0.29, 0.717) is 13.0 Å². The fourth-order valence-corrected chi connectivity index (χ4v) is 5.53. The van der Waals surface area contributed by atoms with Crippen molar-refractivity contribution < 1.29 is 19.1 Å². The standard InChI is InChI=1S/C27H42N4O4/c1-34-26(32)11-15-28-16-18-30(19-17-28)21-25-22-31(27(33)35-25)12-5-8-23-9-13-29(14-10-23)20-24-6-3-2-4-7-24/h2-4,6-7,23,25H,5,8-22H2,1H3. The van der Waals surface area contributed by atoms with Gasteiger partial charge in [0.25, 0.3) is 0 Å². The minimum Gasteiger partial charge on any atom is -0.469 e. The summed E-state index contributed by atoms with van der Waals surface area (Å²) in [5.74, 6) is 0.617. The smallest absolute Gasteiger partial charge is 0.410 e. The monoisotopic (exact) mass is 486 g/mol. The van der Waals surface area contributed by atoms with E-state index in [1.165, 1.54) is 45.0 Å². The minimum atomic E-state index is -0.154. The van der Waals surface area contributed by atoms with Crippen LogP contribution in [0.25, 0.3) is 0 Å². The van der Waals surface area contributed by atoms with Crippen LogP contribution in [-0.2, 0) is 20.8 Å². The first-order valence-corrected chi connectivity index (χ1v) is 13.3. The fraction of sp³-hybridized carbons (Fsp3) is 0.704. The average Bonchev–Trinajstić information content (AvgIpc) is 3.23. The van der Waals surface area contributed by atoms with Crippen LogP contribution >= 0.6 is 0 Å². The maximum absolute atomic E-state index is 12.4. The van der Waals surface area contributed by atoms with Gasteiger partial charge < -0.3 is 19.3 Å². The van der Waals surface area contributed by atoms with Crippen LogP contribution in [-0.4, -0.2) is 110 Å². The van der Waals surface area contributed by atoms with Crippen molar-refractivity contribution in [2.75, 3.05) is 72.6 Å². The molecule has 1 aromatic rings. The van der Waals surface area contributed by atoms with Gasteiger partial charge in [-0.1, -0.05) is 30.3 Å². The first-order valence-electron chi connectivity index (χ1n) is 13.3. The molecular weight excluding hydrogens is 444 g/mol. The number of amides is 1. The summed E-state index contributed by atoms with van der Waals surface area (Å²) < 4.78 is 10.4. The molecule has 1 atom stereocenters. The summed E-state index contributed by atoms with van der Waals surface area (Å²) in [5, 5.41) is 0. The number of carbonyl (C=O) groups is 2. The van der Waals surface area contributed by atoms with E-state index < -0.39 is 0 Å². The van der Waals surface area contributed by atoms with E-state index in [-0.39, 0.29) is 18.2 Å². The van der Waals surface area contributed by atoms with E-state index in [9.17, 15) is 9.59 Å². The molecule has 1 amide bonds. The predicted octanol–water partition coefficient (Wildman–Crippen LogP) is 2.68. The molecule has 8 nitrogen and oxygen atoms in total.